The van der Waals surface area contributed by atoms with Crippen LogP contribution in [0.5, 0.6) is 0 Å². The summed E-state index contributed by atoms with van der Waals surface area (Å²) >= 11 is 0. The largest absolute Gasteiger partial charge is 0.379 e. The van der Waals surface area contributed by atoms with Crippen molar-refractivity contribution in [3.8, 4) is 0 Å². The van der Waals surface area contributed by atoms with Gasteiger partial charge in [0, 0.05) is 39.5 Å². The molecule has 0 spiro atoms. The van der Waals surface area contributed by atoms with Gasteiger partial charge in [-0.25, -0.2) is 9.40 Å². The van der Waals surface area contributed by atoms with Crippen molar-refractivity contribution in [2.75, 3.05) is 45.9 Å². The van der Waals surface area contributed by atoms with Crippen LogP contribution < -0.4 is 0 Å². The number of hydrazone groups is 1. The van der Waals surface area contributed by atoms with E-state index in [1.165, 1.54) is 24.1 Å². The topological polar surface area (TPSA) is 65.5 Å². The van der Waals surface area contributed by atoms with Crippen molar-refractivity contribution in [3.05, 3.63) is 71.5 Å². The molecule has 1 saturated heterocycles. The van der Waals surface area contributed by atoms with Gasteiger partial charge >= 0.3 is 0 Å². The Morgan fingerprint density at radius 1 is 1.09 bits per heavy atom. The van der Waals surface area contributed by atoms with E-state index < -0.39 is 0 Å². The first-order chi connectivity index (χ1) is 16.0. The summed E-state index contributed by atoms with van der Waals surface area (Å²) in [6.07, 6.45) is 0.523. The fourth-order valence-corrected chi connectivity index (χ4v) is 4.16. The standard InChI is InChI=1S/C25H29FN4O3/c1-19(31)29(12-11-28-13-15-33-16-14-28)18-25(32)30-24(21-5-3-2-4-6-21)17-23(27-30)20-7-9-22(26)10-8-20/h2-10,24H,11-18H2,1H3/t24-/m1/s1. The Kier molecular flexibility index (Phi) is 7.47. The van der Waals surface area contributed by atoms with Gasteiger partial charge in [-0.05, 0) is 23.3 Å². The van der Waals surface area contributed by atoms with Crippen LogP contribution in [0, 0.1) is 5.82 Å². The maximum atomic E-state index is 13.4. The Morgan fingerprint density at radius 2 is 1.79 bits per heavy atom. The van der Waals surface area contributed by atoms with E-state index in [0.29, 0.717) is 32.7 Å². The fraction of sp³-hybridized carbons (Fsp3) is 0.400. The number of morpholine rings is 1. The number of carbonyl (C=O) groups excluding carboxylic acids is 2. The summed E-state index contributed by atoms with van der Waals surface area (Å²) in [6.45, 7) is 5.64. The van der Waals surface area contributed by atoms with Crippen LogP contribution in [-0.4, -0.2) is 78.3 Å². The number of hydrogen-bond acceptors (Lipinski definition) is 5. The lowest BCUT2D eigenvalue weighted by Crippen LogP contribution is -2.45. The van der Waals surface area contributed by atoms with Gasteiger partial charge in [0.1, 0.15) is 12.4 Å². The van der Waals surface area contributed by atoms with E-state index in [4.69, 9.17) is 4.74 Å². The summed E-state index contributed by atoms with van der Waals surface area (Å²) in [5, 5.41) is 6.11. The summed E-state index contributed by atoms with van der Waals surface area (Å²) < 4.78 is 18.8. The normalized spacial score (nSPS) is 18.8. The zero-order valence-electron chi connectivity index (χ0n) is 18.8. The first-order valence-electron chi connectivity index (χ1n) is 11.3. The average Bonchev–Trinajstić information content (AvgIpc) is 3.29. The number of benzene rings is 2. The molecule has 0 N–H and O–H groups in total. The number of ether oxygens (including phenoxy) is 1. The minimum absolute atomic E-state index is 0.0385. The van der Waals surface area contributed by atoms with Crippen molar-refractivity contribution in [1.29, 1.82) is 0 Å². The minimum Gasteiger partial charge on any atom is -0.379 e. The second-order valence-corrected chi connectivity index (χ2v) is 8.32. The van der Waals surface area contributed by atoms with Gasteiger partial charge in [-0.2, -0.15) is 5.10 Å². The van der Waals surface area contributed by atoms with Gasteiger partial charge in [0.05, 0.1) is 25.0 Å². The molecule has 0 aliphatic carbocycles. The second kappa shape index (κ2) is 10.7. The third-order valence-electron chi connectivity index (χ3n) is 6.09. The van der Waals surface area contributed by atoms with Gasteiger partial charge in [-0.1, -0.05) is 42.5 Å². The van der Waals surface area contributed by atoms with E-state index in [2.05, 4.69) is 10.0 Å². The zero-order valence-corrected chi connectivity index (χ0v) is 18.8. The van der Waals surface area contributed by atoms with E-state index in [1.54, 1.807) is 17.0 Å². The van der Waals surface area contributed by atoms with Crippen molar-refractivity contribution in [3.63, 3.8) is 0 Å². The lowest BCUT2D eigenvalue weighted by atomic mass is 9.98. The van der Waals surface area contributed by atoms with Crippen molar-refractivity contribution < 1.29 is 18.7 Å². The molecule has 2 aliphatic rings. The van der Waals surface area contributed by atoms with Crippen LogP contribution in [0.25, 0.3) is 0 Å². The molecule has 2 amide bonds. The number of nitrogens with zero attached hydrogens (tertiary/aromatic N) is 4. The van der Waals surface area contributed by atoms with E-state index in [0.717, 1.165) is 29.9 Å². The quantitative estimate of drug-likeness (QED) is 0.648. The van der Waals surface area contributed by atoms with Gasteiger partial charge < -0.3 is 9.64 Å². The molecule has 174 valence electrons. The van der Waals surface area contributed by atoms with Gasteiger partial charge in [0.2, 0.25) is 5.91 Å². The van der Waals surface area contributed by atoms with Crippen LogP contribution in [0.4, 0.5) is 4.39 Å². The first kappa shape index (κ1) is 23.1. The molecule has 2 aromatic carbocycles. The number of halogens is 1. The molecule has 0 saturated carbocycles. The van der Waals surface area contributed by atoms with Crippen LogP contribution in [-0.2, 0) is 14.3 Å². The highest BCUT2D eigenvalue weighted by atomic mass is 19.1. The Morgan fingerprint density at radius 3 is 2.45 bits per heavy atom. The summed E-state index contributed by atoms with van der Waals surface area (Å²) in [6, 6.07) is 15.6. The number of hydrogen-bond donors (Lipinski definition) is 0. The molecule has 0 radical (unpaired) electrons. The van der Waals surface area contributed by atoms with E-state index in [-0.39, 0.29) is 30.2 Å². The van der Waals surface area contributed by atoms with E-state index in [9.17, 15) is 14.0 Å². The molecule has 0 unspecified atom stereocenters. The van der Waals surface area contributed by atoms with Crippen molar-refractivity contribution >= 4 is 17.5 Å². The fourth-order valence-electron chi connectivity index (χ4n) is 4.16. The highest BCUT2D eigenvalue weighted by Gasteiger charge is 2.34. The van der Waals surface area contributed by atoms with Crippen molar-refractivity contribution in [2.24, 2.45) is 5.10 Å². The molecule has 2 aliphatic heterocycles. The third kappa shape index (κ3) is 5.83. The molecule has 7 nitrogen and oxygen atoms in total. The molecule has 2 heterocycles. The Hall–Kier alpha value is -3.10. The summed E-state index contributed by atoms with van der Waals surface area (Å²) in [7, 11) is 0. The molecular weight excluding hydrogens is 423 g/mol. The average molecular weight is 453 g/mol. The van der Waals surface area contributed by atoms with Gasteiger partial charge in [0.15, 0.2) is 0 Å². The molecule has 2 aromatic rings. The number of carbonyl (C=O) groups is 2. The Labute approximate surface area is 193 Å². The van der Waals surface area contributed by atoms with Gasteiger partial charge in [-0.15, -0.1) is 0 Å². The highest BCUT2D eigenvalue weighted by molar-refractivity contribution is 6.03. The zero-order chi connectivity index (χ0) is 23.2. The van der Waals surface area contributed by atoms with Gasteiger partial charge in [-0.3, -0.25) is 14.5 Å². The molecule has 1 fully saturated rings. The molecule has 0 aromatic heterocycles. The molecular formula is C25H29FN4O3. The molecule has 33 heavy (non-hydrogen) atoms. The van der Waals surface area contributed by atoms with Gasteiger partial charge in [0.25, 0.3) is 5.91 Å². The van der Waals surface area contributed by atoms with Crippen LogP contribution in [0.1, 0.15) is 30.5 Å². The third-order valence-corrected chi connectivity index (χ3v) is 6.09. The maximum absolute atomic E-state index is 13.4. The Balaban J connectivity index is 1.50. The van der Waals surface area contributed by atoms with Crippen molar-refractivity contribution in [2.45, 2.75) is 19.4 Å². The van der Waals surface area contributed by atoms with Crippen LogP contribution in [0.15, 0.2) is 59.7 Å². The van der Waals surface area contributed by atoms with Crippen LogP contribution >= 0.6 is 0 Å². The Bertz CT molecular complexity index is 990. The minimum atomic E-state index is -0.317. The smallest absolute Gasteiger partial charge is 0.262 e. The first-order valence-corrected chi connectivity index (χ1v) is 11.3. The maximum Gasteiger partial charge on any atom is 0.262 e. The summed E-state index contributed by atoms with van der Waals surface area (Å²) in [4.78, 5) is 29.4. The SMILES string of the molecule is CC(=O)N(CCN1CCOCC1)CC(=O)N1N=C(c2ccc(F)cc2)C[C@@H]1c1ccccc1. The molecule has 1 atom stereocenters. The van der Waals surface area contributed by atoms with Crippen LogP contribution in [0.2, 0.25) is 0 Å². The van der Waals surface area contributed by atoms with E-state index >= 15 is 0 Å². The lowest BCUT2D eigenvalue weighted by Gasteiger charge is -2.30. The number of rotatable bonds is 7. The summed E-state index contributed by atoms with van der Waals surface area (Å²) in [5.74, 6) is -0.699. The monoisotopic (exact) mass is 452 g/mol. The second-order valence-electron chi connectivity index (χ2n) is 8.32. The molecule has 4 rings (SSSR count). The van der Waals surface area contributed by atoms with E-state index in [1.807, 2.05) is 30.3 Å². The van der Waals surface area contributed by atoms with Crippen LogP contribution in [0.3, 0.4) is 0 Å². The predicted octanol–water partition coefficient (Wildman–Crippen LogP) is 2.68. The molecule has 0 bridgehead atoms. The predicted molar refractivity (Wildman–Crippen MR) is 123 cm³/mol. The summed E-state index contributed by atoms with van der Waals surface area (Å²) in [5.41, 5.74) is 2.47. The molecule has 8 heteroatoms. The lowest BCUT2D eigenvalue weighted by molar-refractivity contribution is -0.140. The number of amides is 2. The highest BCUT2D eigenvalue weighted by Crippen LogP contribution is 2.32. The van der Waals surface area contributed by atoms with Crippen molar-refractivity contribution in [1.82, 2.24) is 14.8 Å².